The molecule has 8 heteroatoms. The number of nitrogens with two attached hydrogens (primary N) is 1. The number of carbonyl (C=O) groups excluding carboxylic acids is 1. The van der Waals surface area contributed by atoms with E-state index in [9.17, 15) is 14.9 Å². The number of rotatable bonds is 6. The number of ether oxygens (including phenoxy) is 1. The van der Waals surface area contributed by atoms with Crippen molar-refractivity contribution >= 4 is 17.0 Å². The summed E-state index contributed by atoms with van der Waals surface area (Å²) in [6.45, 7) is 0. The first-order valence-electron chi connectivity index (χ1n) is 11.7. The van der Waals surface area contributed by atoms with E-state index >= 15 is 0 Å². The lowest BCUT2D eigenvalue weighted by atomic mass is 9.83. The molecule has 0 spiro atoms. The second kappa shape index (κ2) is 8.75. The first-order chi connectivity index (χ1) is 16.3. The molecule has 3 aromatic rings. The Bertz CT molecular complexity index is 1320. The van der Waals surface area contributed by atoms with Crippen molar-refractivity contribution in [1.29, 1.82) is 5.26 Å². The molecule has 2 aliphatic heterocycles. The van der Waals surface area contributed by atoms with Crippen LogP contribution in [0.1, 0.15) is 37.7 Å². The highest BCUT2D eigenvalue weighted by atomic mass is 16.5. The summed E-state index contributed by atoms with van der Waals surface area (Å²) in [5, 5.41) is 12.5. The third kappa shape index (κ3) is 4.25. The van der Waals surface area contributed by atoms with Gasteiger partial charge in [0.25, 0.3) is 0 Å². The summed E-state index contributed by atoms with van der Waals surface area (Å²) in [5.41, 5.74) is 10.0. The van der Waals surface area contributed by atoms with Crippen molar-refractivity contribution in [3.63, 3.8) is 0 Å². The van der Waals surface area contributed by atoms with Gasteiger partial charge in [0.15, 0.2) is 5.58 Å². The van der Waals surface area contributed by atoms with Gasteiger partial charge in [-0.3, -0.25) is 9.36 Å². The second-order valence-corrected chi connectivity index (χ2v) is 9.53. The highest BCUT2D eigenvalue weighted by molar-refractivity contribution is 5.80. The molecule has 0 aliphatic carbocycles. The van der Waals surface area contributed by atoms with Gasteiger partial charge in [-0.15, -0.1) is 0 Å². The topological polar surface area (TPSA) is 123 Å². The highest BCUT2D eigenvalue weighted by Crippen LogP contribution is 2.39. The summed E-state index contributed by atoms with van der Waals surface area (Å²) in [6, 6.07) is 15.0. The van der Waals surface area contributed by atoms with Crippen LogP contribution in [0.2, 0.25) is 0 Å². The summed E-state index contributed by atoms with van der Waals surface area (Å²) >= 11 is 0. The van der Waals surface area contributed by atoms with Crippen LogP contribution in [-0.2, 0) is 23.0 Å². The molecule has 2 aliphatic rings. The Morgan fingerprint density at radius 3 is 2.76 bits per heavy atom. The quantitative estimate of drug-likeness (QED) is 0.583. The second-order valence-electron chi connectivity index (χ2n) is 9.53. The number of oxazole rings is 1. The molecule has 5 rings (SSSR count). The van der Waals surface area contributed by atoms with Gasteiger partial charge in [-0.2, -0.15) is 5.26 Å². The van der Waals surface area contributed by atoms with Gasteiger partial charge in [0.05, 0.1) is 29.3 Å². The summed E-state index contributed by atoms with van der Waals surface area (Å²) in [5.74, 6) is -0.602. The third-order valence-electron chi connectivity index (χ3n) is 7.18. The van der Waals surface area contributed by atoms with Crippen molar-refractivity contribution in [3.05, 3.63) is 58.6 Å². The van der Waals surface area contributed by atoms with E-state index in [4.69, 9.17) is 14.9 Å². The summed E-state index contributed by atoms with van der Waals surface area (Å²) in [4.78, 5) is 24.4. The zero-order chi connectivity index (χ0) is 23.9. The predicted molar refractivity (Wildman–Crippen MR) is 127 cm³/mol. The van der Waals surface area contributed by atoms with E-state index in [0.717, 1.165) is 47.9 Å². The van der Waals surface area contributed by atoms with E-state index in [1.54, 1.807) is 13.1 Å². The van der Waals surface area contributed by atoms with Crippen LogP contribution in [0.4, 0.5) is 0 Å². The molecular weight excluding hydrogens is 432 g/mol. The number of hydrogen-bond donors (Lipinski definition) is 2. The van der Waals surface area contributed by atoms with Crippen LogP contribution in [0.3, 0.4) is 0 Å². The molecule has 3 N–H and O–H groups in total. The average molecular weight is 461 g/mol. The summed E-state index contributed by atoms with van der Waals surface area (Å²) in [6.07, 6.45) is 4.34. The smallest absolute Gasteiger partial charge is 0.408 e. The van der Waals surface area contributed by atoms with Crippen molar-refractivity contribution in [3.8, 4) is 17.2 Å². The Morgan fingerprint density at radius 2 is 2.00 bits per heavy atom. The molecule has 8 nitrogen and oxygen atoms in total. The van der Waals surface area contributed by atoms with Crippen LogP contribution in [0.25, 0.3) is 22.2 Å². The lowest BCUT2D eigenvalue weighted by Gasteiger charge is -2.38. The van der Waals surface area contributed by atoms with E-state index in [1.165, 1.54) is 4.57 Å². The molecule has 0 saturated carbocycles. The Kier molecular flexibility index (Phi) is 5.76. The molecule has 2 aromatic carbocycles. The number of nitriles is 1. The van der Waals surface area contributed by atoms with Crippen LogP contribution in [0.5, 0.6) is 0 Å². The molecule has 1 aromatic heterocycles. The number of carbonyl (C=O) groups is 1. The van der Waals surface area contributed by atoms with E-state index < -0.39 is 17.3 Å². The van der Waals surface area contributed by atoms with Crippen molar-refractivity contribution in [2.24, 2.45) is 12.8 Å². The van der Waals surface area contributed by atoms with Gasteiger partial charge in [0.2, 0.25) is 5.91 Å². The van der Waals surface area contributed by atoms with Gasteiger partial charge in [-0.1, -0.05) is 30.3 Å². The fraction of sp³-hybridized carbons (Fsp3) is 0.423. The largest absolute Gasteiger partial charge is 0.419 e. The highest BCUT2D eigenvalue weighted by Gasteiger charge is 2.46. The number of benzene rings is 2. The first-order valence-corrected chi connectivity index (χ1v) is 11.7. The Morgan fingerprint density at radius 1 is 1.24 bits per heavy atom. The minimum Gasteiger partial charge on any atom is -0.408 e. The molecule has 2 fully saturated rings. The van der Waals surface area contributed by atoms with Gasteiger partial charge in [0, 0.05) is 19.9 Å². The number of aryl methyl sites for hydroxylation is 1. The van der Waals surface area contributed by atoms with Crippen molar-refractivity contribution in [2.45, 2.75) is 62.3 Å². The Balaban J connectivity index is 1.23. The number of hydrogen-bond acceptors (Lipinski definition) is 6. The molecule has 34 heavy (non-hydrogen) atoms. The van der Waals surface area contributed by atoms with Gasteiger partial charge >= 0.3 is 5.76 Å². The van der Waals surface area contributed by atoms with E-state index in [2.05, 4.69) is 11.4 Å². The monoisotopic (exact) mass is 460 g/mol. The zero-order valence-electron chi connectivity index (χ0n) is 19.1. The molecule has 176 valence electrons. The van der Waals surface area contributed by atoms with Crippen LogP contribution in [-0.4, -0.2) is 34.3 Å². The number of fused-ring (bicyclic) bond motifs is 3. The number of nitrogens with zero attached hydrogens (tertiary/aromatic N) is 2. The zero-order valence-corrected chi connectivity index (χ0v) is 19.1. The molecule has 0 unspecified atom stereocenters. The number of nitrogens with one attached hydrogen (secondary N) is 1. The van der Waals surface area contributed by atoms with Crippen LogP contribution < -0.4 is 16.8 Å². The fourth-order valence-electron chi connectivity index (χ4n) is 5.18. The maximum atomic E-state index is 12.7. The lowest BCUT2D eigenvalue weighted by molar-refractivity contribution is -0.126. The van der Waals surface area contributed by atoms with Gasteiger partial charge in [-0.25, -0.2) is 4.79 Å². The van der Waals surface area contributed by atoms with Gasteiger partial charge in [-0.05, 0) is 54.5 Å². The molecule has 2 bridgehead atoms. The molecule has 2 saturated heterocycles. The number of amides is 1. The minimum atomic E-state index is -0.654. The van der Waals surface area contributed by atoms with Crippen molar-refractivity contribution < 1.29 is 13.9 Å². The maximum Gasteiger partial charge on any atom is 0.419 e. The van der Waals surface area contributed by atoms with Crippen LogP contribution in [0, 0.1) is 11.3 Å². The molecule has 1 amide bonds. The molecule has 4 atom stereocenters. The van der Waals surface area contributed by atoms with Crippen molar-refractivity contribution in [1.82, 2.24) is 9.88 Å². The molecule has 0 radical (unpaired) electrons. The van der Waals surface area contributed by atoms with Gasteiger partial charge < -0.3 is 20.2 Å². The van der Waals surface area contributed by atoms with Crippen LogP contribution >= 0.6 is 0 Å². The summed E-state index contributed by atoms with van der Waals surface area (Å²) in [7, 11) is 1.68. The summed E-state index contributed by atoms with van der Waals surface area (Å²) < 4.78 is 12.6. The molecular formula is C26H28N4O4. The van der Waals surface area contributed by atoms with E-state index in [1.807, 2.05) is 36.4 Å². The Hall–Kier alpha value is -3.41. The lowest BCUT2D eigenvalue weighted by Crippen LogP contribution is -2.56. The van der Waals surface area contributed by atoms with E-state index in [0.29, 0.717) is 12.0 Å². The van der Waals surface area contributed by atoms with Gasteiger partial charge in [0.1, 0.15) is 6.04 Å². The van der Waals surface area contributed by atoms with Crippen LogP contribution in [0.15, 0.2) is 51.7 Å². The third-order valence-corrected chi connectivity index (χ3v) is 7.18. The maximum absolute atomic E-state index is 12.7. The predicted octanol–water partition coefficient (Wildman–Crippen LogP) is 2.78. The minimum absolute atomic E-state index is 0.0752. The standard InChI is InChI=1S/C26H28N4O4/c1-30-21-13-18(6-8-22(21)34-25(30)32)17-4-2-16(3-5-17)12-19(15-27)29-24(31)14-26(28)11-10-20-7-9-23(26)33-20/h2-6,8,13,19-20,23H,7,9-12,14,28H2,1H3,(H,29,31)/t19-,20-,23+,26-/m0/s1. The average Bonchev–Trinajstić information content (AvgIpc) is 3.38. The molecule has 3 heterocycles. The fourth-order valence-corrected chi connectivity index (χ4v) is 5.18. The SMILES string of the molecule is Cn1c(=O)oc2ccc(-c3ccc(C[C@@H](C#N)NC(=O)C[C@@]4(N)CC[C@@H]5CC[C@H]4O5)cc3)cc21. The number of aromatic nitrogens is 1. The van der Waals surface area contributed by atoms with E-state index in [-0.39, 0.29) is 24.5 Å². The Labute approximate surface area is 197 Å². The normalized spacial score (nSPS) is 24.6. The first kappa shape index (κ1) is 22.4. The van der Waals surface area contributed by atoms with Crippen molar-refractivity contribution in [2.75, 3.05) is 0 Å².